The van der Waals surface area contributed by atoms with Gasteiger partial charge in [0.2, 0.25) is 0 Å². The highest BCUT2D eigenvalue weighted by molar-refractivity contribution is 6.30. The highest BCUT2D eigenvalue weighted by Gasteiger charge is 2.05. The van der Waals surface area contributed by atoms with Gasteiger partial charge in [-0.3, -0.25) is 4.79 Å². The number of halogens is 1. The number of carbonyl (C=O) groups excluding carboxylic acids is 1. The maximum Gasteiger partial charge on any atom is 0.133 e. The summed E-state index contributed by atoms with van der Waals surface area (Å²) in [5.74, 6) is 0.349. The van der Waals surface area contributed by atoms with E-state index in [4.69, 9.17) is 11.6 Å². The molecule has 0 radical (unpaired) electrons. The Balaban J connectivity index is 1.74. The van der Waals surface area contributed by atoms with Crippen LogP contribution in [0.15, 0.2) is 42.5 Å². The average Bonchev–Trinajstić information content (AvgIpc) is 2.46. The summed E-state index contributed by atoms with van der Waals surface area (Å²) in [6, 6.07) is 14.3. The topological polar surface area (TPSA) is 17.1 Å². The zero-order valence-corrected chi connectivity index (χ0v) is 14.1. The highest BCUT2D eigenvalue weighted by atomic mass is 35.5. The van der Waals surface area contributed by atoms with Gasteiger partial charge in [-0.25, -0.2) is 0 Å². The Morgan fingerprint density at radius 2 is 1.82 bits per heavy atom. The summed E-state index contributed by atoms with van der Waals surface area (Å²) in [5.41, 5.74) is 5.05. The molecule has 22 heavy (non-hydrogen) atoms. The smallest absolute Gasteiger partial charge is 0.133 e. The molecule has 0 heterocycles. The van der Waals surface area contributed by atoms with Gasteiger partial charge in [0.25, 0.3) is 0 Å². The molecule has 116 valence electrons. The predicted octanol–water partition coefficient (Wildman–Crippen LogP) is 5.48. The molecule has 2 rings (SSSR count). The first-order chi connectivity index (χ1) is 10.5. The van der Waals surface area contributed by atoms with Gasteiger partial charge in [0.15, 0.2) is 0 Å². The summed E-state index contributed by atoms with van der Waals surface area (Å²) in [5, 5.41) is 0.763. The van der Waals surface area contributed by atoms with Crippen LogP contribution in [0.2, 0.25) is 5.02 Å². The van der Waals surface area contributed by atoms with Crippen LogP contribution in [0, 0.1) is 13.8 Å². The fraction of sp³-hybridized carbons (Fsp3) is 0.350. The van der Waals surface area contributed by atoms with E-state index in [2.05, 4.69) is 38.1 Å². The quantitative estimate of drug-likeness (QED) is 0.661. The van der Waals surface area contributed by atoms with Crippen molar-refractivity contribution < 1.29 is 4.79 Å². The lowest BCUT2D eigenvalue weighted by Crippen LogP contribution is -2.02. The molecular weight excluding hydrogens is 292 g/mol. The van der Waals surface area contributed by atoms with Crippen LogP contribution in [0.4, 0.5) is 0 Å². The van der Waals surface area contributed by atoms with Gasteiger partial charge in [0.05, 0.1) is 0 Å². The molecule has 1 nitrogen and oxygen atoms in total. The molecule has 0 saturated heterocycles. The Kier molecular flexibility index (Phi) is 6.21. The zero-order chi connectivity index (χ0) is 15.9. The number of Topliss-reactive ketones (excluding diaryl/α,β-unsaturated/α-hetero) is 1. The van der Waals surface area contributed by atoms with Crippen LogP contribution < -0.4 is 0 Å². The van der Waals surface area contributed by atoms with Gasteiger partial charge in [-0.15, -0.1) is 0 Å². The molecule has 0 unspecified atom stereocenters. The molecule has 0 aliphatic rings. The van der Waals surface area contributed by atoms with Crippen molar-refractivity contribution in [3.8, 4) is 0 Å². The molecule has 0 amide bonds. The maximum atomic E-state index is 12.0. The van der Waals surface area contributed by atoms with Gasteiger partial charge in [0.1, 0.15) is 5.78 Å². The average molecular weight is 315 g/mol. The van der Waals surface area contributed by atoms with Gasteiger partial charge in [-0.05, 0) is 61.9 Å². The van der Waals surface area contributed by atoms with Crippen molar-refractivity contribution in [2.75, 3.05) is 0 Å². The van der Waals surface area contributed by atoms with E-state index >= 15 is 0 Å². The van der Waals surface area contributed by atoms with Crippen molar-refractivity contribution in [3.63, 3.8) is 0 Å². The lowest BCUT2D eigenvalue weighted by molar-refractivity contribution is -0.119. The second-order valence-corrected chi connectivity index (χ2v) is 6.39. The number of benzene rings is 2. The molecule has 0 aliphatic carbocycles. The number of hydrogen-bond donors (Lipinski definition) is 0. The lowest BCUT2D eigenvalue weighted by atomic mass is 9.98. The maximum absolute atomic E-state index is 12.0. The van der Waals surface area contributed by atoms with Crippen molar-refractivity contribution in [2.24, 2.45) is 0 Å². The van der Waals surface area contributed by atoms with E-state index in [0.717, 1.165) is 24.3 Å². The van der Waals surface area contributed by atoms with E-state index in [9.17, 15) is 4.79 Å². The Hall–Kier alpha value is -1.60. The largest absolute Gasteiger partial charge is 0.300 e. The summed E-state index contributed by atoms with van der Waals surface area (Å²) >= 11 is 5.96. The van der Waals surface area contributed by atoms with Crippen molar-refractivity contribution in [3.05, 3.63) is 69.7 Å². The third-order valence-corrected chi connectivity index (χ3v) is 4.22. The van der Waals surface area contributed by atoms with Gasteiger partial charge in [0, 0.05) is 17.9 Å². The summed E-state index contributed by atoms with van der Waals surface area (Å²) in [6.07, 6.45) is 3.95. The standard InChI is InChI=1S/C20H23ClO/c1-15-9-10-18(16(2)13-15)11-12-20(22)8-4-6-17-5-3-7-19(21)14-17/h3,5,7,9-10,13-14H,4,6,8,11-12H2,1-2H3. The van der Waals surface area contributed by atoms with E-state index in [1.165, 1.54) is 22.3 Å². The van der Waals surface area contributed by atoms with Crippen LogP contribution in [0.3, 0.4) is 0 Å². The normalized spacial score (nSPS) is 10.7. The highest BCUT2D eigenvalue weighted by Crippen LogP contribution is 2.15. The first-order valence-electron chi connectivity index (χ1n) is 7.87. The monoisotopic (exact) mass is 314 g/mol. The van der Waals surface area contributed by atoms with Crippen molar-refractivity contribution in [1.29, 1.82) is 0 Å². The number of hydrogen-bond acceptors (Lipinski definition) is 1. The van der Waals surface area contributed by atoms with Crippen LogP contribution in [-0.4, -0.2) is 5.78 Å². The lowest BCUT2D eigenvalue weighted by Gasteiger charge is -2.07. The number of carbonyl (C=O) groups is 1. The first-order valence-corrected chi connectivity index (χ1v) is 8.24. The second-order valence-electron chi connectivity index (χ2n) is 5.95. The van der Waals surface area contributed by atoms with Gasteiger partial charge < -0.3 is 0 Å². The molecule has 0 fully saturated rings. The zero-order valence-electron chi connectivity index (χ0n) is 13.4. The minimum absolute atomic E-state index is 0.349. The van der Waals surface area contributed by atoms with Crippen LogP contribution >= 0.6 is 11.6 Å². The summed E-state index contributed by atoms with van der Waals surface area (Å²) in [6.45, 7) is 4.21. The van der Waals surface area contributed by atoms with Crippen LogP contribution in [0.1, 0.15) is 41.5 Å². The van der Waals surface area contributed by atoms with Gasteiger partial charge >= 0.3 is 0 Å². The SMILES string of the molecule is Cc1ccc(CCC(=O)CCCc2cccc(Cl)c2)c(C)c1. The van der Waals surface area contributed by atoms with E-state index in [-0.39, 0.29) is 0 Å². The third kappa shape index (κ3) is 5.31. The van der Waals surface area contributed by atoms with E-state index < -0.39 is 0 Å². The summed E-state index contributed by atoms with van der Waals surface area (Å²) < 4.78 is 0. The van der Waals surface area contributed by atoms with Crippen LogP contribution in [0.25, 0.3) is 0 Å². The van der Waals surface area contributed by atoms with Crippen molar-refractivity contribution >= 4 is 17.4 Å². The Morgan fingerprint density at radius 1 is 1.00 bits per heavy atom. The van der Waals surface area contributed by atoms with E-state index in [0.29, 0.717) is 18.6 Å². The number of rotatable bonds is 7. The molecule has 0 spiro atoms. The molecule has 2 aromatic rings. The molecule has 0 N–H and O–H groups in total. The third-order valence-electron chi connectivity index (χ3n) is 3.98. The second kappa shape index (κ2) is 8.14. The molecule has 2 heteroatoms. The Labute approximate surface area is 138 Å². The fourth-order valence-electron chi connectivity index (χ4n) is 2.71. The molecular formula is C20H23ClO. The molecule has 0 saturated carbocycles. The molecule has 0 aliphatic heterocycles. The molecule has 2 aromatic carbocycles. The van der Waals surface area contributed by atoms with E-state index in [1.807, 2.05) is 18.2 Å². The summed E-state index contributed by atoms with van der Waals surface area (Å²) in [4.78, 5) is 12.0. The predicted molar refractivity (Wildman–Crippen MR) is 93.6 cm³/mol. The minimum atomic E-state index is 0.349. The van der Waals surface area contributed by atoms with E-state index in [1.54, 1.807) is 0 Å². The Bertz CT molecular complexity index is 646. The molecule has 0 aromatic heterocycles. The molecule has 0 bridgehead atoms. The number of aryl methyl sites for hydroxylation is 4. The molecule has 0 atom stereocenters. The number of ketones is 1. The summed E-state index contributed by atoms with van der Waals surface area (Å²) in [7, 11) is 0. The first kappa shape index (κ1) is 16.8. The van der Waals surface area contributed by atoms with Crippen LogP contribution in [-0.2, 0) is 17.6 Å². The minimum Gasteiger partial charge on any atom is -0.300 e. The van der Waals surface area contributed by atoms with Crippen LogP contribution in [0.5, 0.6) is 0 Å². The van der Waals surface area contributed by atoms with Gasteiger partial charge in [-0.2, -0.15) is 0 Å². The van der Waals surface area contributed by atoms with Crippen molar-refractivity contribution in [2.45, 2.75) is 46.0 Å². The Morgan fingerprint density at radius 3 is 2.55 bits per heavy atom. The van der Waals surface area contributed by atoms with Crippen molar-refractivity contribution in [1.82, 2.24) is 0 Å². The van der Waals surface area contributed by atoms with Gasteiger partial charge in [-0.1, -0.05) is 47.5 Å². The fourth-order valence-corrected chi connectivity index (χ4v) is 2.92.